The van der Waals surface area contributed by atoms with Gasteiger partial charge in [-0.1, -0.05) is 13.8 Å². The molecule has 1 unspecified atom stereocenters. The number of aromatic nitrogens is 2. The second-order valence-electron chi connectivity index (χ2n) is 9.87. The lowest BCUT2D eigenvalue weighted by atomic mass is 9.79. The molecule has 2 aliphatic heterocycles. The van der Waals surface area contributed by atoms with Crippen molar-refractivity contribution in [3.05, 3.63) is 23.8 Å². The minimum atomic E-state index is -0.881. The van der Waals surface area contributed by atoms with E-state index in [0.29, 0.717) is 54.8 Å². The van der Waals surface area contributed by atoms with E-state index in [-0.39, 0.29) is 17.4 Å². The highest BCUT2D eigenvalue weighted by atomic mass is 16.4. The number of nitrogens with zero attached hydrogens (tertiary/aromatic N) is 5. The predicted molar refractivity (Wildman–Crippen MR) is 129 cm³/mol. The van der Waals surface area contributed by atoms with Gasteiger partial charge < -0.3 is 25.5 Å². The van der Waals surface area contributed by atoms with E-state index >= 15 is 0 Å². The van der Waals surface area contributed by atoms with E-state index in [4.69, 9.17) is 9.97 Å². The standard InChI is InChI=1S/C24H31N7O3/c1-15(2)8-17(10-20(32)26-3)27-21-18-5-4-16(11-25)9-19(18)28-22(29-21)30-7-6-24(12-30)13-31(14-24)23(33)34/h4-5,9,15,17H,6-8,10,12-14H2,1-3H3,(H,26,32)(H,33,34)(H,27,28,29). The predicted octanol–water partition coefficient (Wildman–Crippen LogP) is 2.65. The maximum Gasteiger partial charge on any atom is 0.407 e. The van der Waals surface area contributed by atoms with Crippen LogP contribution in [0.3, 0.4) is 0 Å². The van der Waals surface area contributed by atoms with Crippen molar-refractivity contribution in [2.24, 2.45) is 11.3 Å². The van der Waals surface area contributed by atoms with E-state index in [9.17, 15) is 20.0 Å². The highest BCUT2D eigenvalue weighted by Gasteiger charge is 2.50. The average molecular weight is 466 g/mol. The number of carbonyl (C=O) groups is 2. The van der Waals surface area contributed by atoms with E-state index in [2.05, 4.69) is 35.5 Å². The molecule has 1 spiro atoms. The van der Waals surface area contributed by atoms with Crippen molar-refractivity contribution >= 4 is 34.7 Å². The molecule has 2 aromatic rings. The van der Waals surface area contributed by atoms with Gasteiger partial charge in [0, 0.05) is 56.5 Å². The van der Waals surface area contributed by atoms with Gasteiger partial charge in [-0.15, -0.1) is 0 Å². The second kappa shape index (κ2) is 9.33. The molecule has 4 rings (SSSR count). The SMILES string of the molecule is CNC(=O)CC(CC(C)C)Nc1nc(N2CCC3(CN(C(=O)O)C3)C2)nc2cc(C#N)ccc12. The van der Waals surface area contributed by atoms with Gasteiger partial charge in [-0.25, -0.2) is 9.78 Å². The van der Waals surface area contributed by atoms with Crippen LogP contribution in [0.15, 0.2) is 18.2 Å². The Morgan fingerprint density at radius 2 is 2.03 bits per heavy atom. The van der Waals surface area contributed by atoms with Crippen molar-refractivity contribution in [2.75, 3.05) is 43.4 Å². The van der Waals surface area contributed by atoms with Crippen LogP contribution in [0.2, 0.25) is 0 Å². The number of benzene rings is 1. The summed E-state index contributed by atoms with van der Waals surface area (Å²) in [6.07, 6.45) is 1.12. The molecule has 0 aliphatic carbocycles. The van der Waals surface area contributed by atoms with Gasteiger partial charge in [0.25, 0.3) is 0 Å². The van der Waals surface area contributed by atoms with Gasteiger partial charge in [-0.3, -0.25) is 4.79 Å². The van der Waals surface area contributed by atoms with E-state index in [1.54, 1.807) is 19.2 Å². The molecule has 0 bridgehead atoms. The summed E-state index contributed by atoms with van der Waals surface area (Å²) in [5.41, 5.74) is 1.12. The molecule has 34 heavy (non-hydrogen) atoms. The van der Waals surface area contributed by atoms with Gasteiger partial charge in [0.2, 0.25) is 11.9 Å². The number of carbonyl (C=O) groups excluding carboxylic acids is 1. The zero-order chi connectivity index (χ0) is 24.5. The zero-order valence-electron chi connectivity index (χ0n) is 19.8. The molecule has 2 amide bonds. The summed E-state index contributed by atoms with van der Waals surface area (Å²) < 4.78 is 0. The van der Waals surface area contributed by atoms with Crippen molar-refractivity contribution in [3.63, 3.8) is 0 Å². The number of fused-ring (bicyclic) bond motifs is 1. The highest BCUT2D eigenvalue weighted by molar-refractivity contribution is 5.91. The summed E-state index contributed by atoms with van der Waals surface area (Å²) in [7, 11) is 1.63. The van der Waals surface area contributed by atoms with Gasteiger partial charge in [-0.2, -0.15) is 10.2 Å². The quantitative estimate of drug-likeness (QED) is 0.568. The van der Waals surface area contributed by atoms with Crippen LogP contribution in [0, 0.1) is 22.7 Å². The van der Waals surface area contributed by atoms with Crippen molar-refractivity contribution in [3.8, 4) is 6.07 Å². The van der Waals surface area contributed by atoms with Gasteiger partial charge >= 0.3 is 6.09 Å². The Hall–Kier alpha value is -3.61. The maximum absolute atomic E-state index is 12.1. The molecule has 180 valence electrons. The molecule has 2 saturated heterocycles. The van der Waals surface area contributed by atoms with Crippen molar-refractivity contribution in [2.45, 2.75) is 39.2 Å². The number of rotatable bonds is 7. The minimum absolute atomic E-state index is 0.0436. The number of anilines is 2. The molecule has 10 heteroatoms. The molecular formula is C24H31N7O3. The molecular weight excluding hydrogens is 434 g/mol. The summed E-state index contributed by atoms with van der Waals surface area (Å²) >= 11 is 0. The minimum Gasteiger partial charge on any atom is -0.465 e. The summed E-state index contributed by atoms with van der Waals surface area (Å²) in [5.74, 6) is 1.53. The molecule has 1 aromatic carbocycles. The van der Waals surface area contributed by atoms with Crippen LogP contribution < -0.4 is 15.5 Å². The Labute approximate surface area is 199 Å². The lowest BCUT2D eigenvalue weighted by molar-refractivity contribution is -0.120. The fraction of sp³-hybridized carbons (Fsp3) is 0.542. The number of nitrogens with one attached hydrogen (secondary N) is 2. The first kappa shape index (κ1) is 23.5. The molecule has 1 aromatic heterocycles. The van der Waals surface area contributed by atoms with Gasteiger partial charge in [0.1, 0.15) is 5.82 Å². The van der Waals surface area contributed by atoms with Gasteiger partial charge in [-0.05, 0) is 37.0 Å². The molecule has 1 atom stereocenters. The number of likely N-dealkylation sites (tertiary alicyclic amines) is 1. The fourth-order valence-corrected chi connectivity index (χ4v) is 4.98. The summed E-state index contributed by atoms with van der Waals surface area (Å²) in [6.45, 7) is 6.71. The summed E-state index contributed by atoms with van der Waals surface area (Å²) in [5, 5.41) is 25.6. The number of hydrogen-bond acceptors (Lipinski definition) is 7. The van der Waals surface area contributed by atoms with E-state index in [0.717, 1.165) is 24.8 Å². The molecule has 3 N–H and O–H groups in total. The molecule has 3 heterocycles. The van der Waals surface area contributed by atoms with Crippen molar-refractivity contribution < 1.29 is 14.7 Å². The average Bonchev–Trinajstić information content (AvgIpc) is 3.23. The van der Waals surface area contributed by atoms with Crippen LogP contribution in [0.1, 0.15) is 38.7 Å². The van der Waals surface area contributed by atoms with Crippen LogP contribution in [-0.2, 0) is 4.79 Å². The van der Waals surface area contributed by atoms with Crippen molar-refractivity contribution in [1.29, 1.82) is 5.26 Å². The first-order valence-electron chi connectivity index (χ1n) is 11.6. The second-order valence-corrected chi connectivity index (χ2v) is 9.87. The Balaban J connectivity index is 1.65. The Morgan fingerprint density at radius 1 is 1.26 bits per heavy atom. The Kier molecular flexibility index (Phi) is 6.46. The lowest BCUT2D eigenvalue weighted by Crippen LogP contribution is -2.59. The molecule has 10 nitrogen and oxygen atoms in total. The summed E-state index contributed by atoms with van der Waals surface area (Å²) in [4.78, 5) is 36.5. The van der Waals surface area contributed by atoms with Crippen LogP contribution in [-0.4, -0.2) is 71.2 Å². The highest BCUT2D eigenvalue weighted by Crippen LogP contribution is 2.41. The number of nitriles is 1. The largest absolute Gasteiger partial charge is 0.465 e. The summed E-state index contributed by atoms with van der Waals surface area (Å²) in [6, 6.07) is 7.39. The topological polar surface area (TPSA) is 134 Å². The van der Waals surface area contributed by atoms with Crippen LogP contribution >= 0.6 is 0 Å². The Morgan fingerprint density at radius 3 is 2.68 bits per heavy atom. The van der Waals surface area contributed by atoms with E-state index in [1.807, 2.05) is 6.07 Å². The van der Waals surface area contributed by atoms with Gasteiger partial charge in [0.15, 0.2) is 0 Å². The normalized spacial score (nSPS) is 17.5. The molecule has 2 aliphatic rings. The van der Waals surface area contributed by atoms with Crippen molar-refractivity contribution in [1.82, 2.24) is 20.2 Å². The van der Waals surface area contributed by atoms with Crippen LogP contribution in [0.5, 0.6) is 0 Å². The number of hydrogen-bond donors (Lipinski definition) is 3. The molecule has 0 saturated carbocycles. The smallest absolute Gasteiger partial charge is 0.407 e. The maximum atomic E-state index is 12.1. The number of amides is 2. The zero-order valence-corrected chi connectivity index (χ0v) is 19.8. The first-order chi connectivity index (χ1) is 16.2. The van der Waals surface area contributed by atoms with Crippen LogP contribution in [0.25, 0.3) is 10.9 Å². The fourth-order valence-electron chi connectivity index (χ4n) is 4.98. The van der Waals surface area contributed by atoms with E-state index in [1.165, 1.54) is 4.90 Å². The van der Waals surface area contributed by atoms with Gasteiger partial charge in [0.05, 0.1) is 17.1 Å². The first-order valence-corrected chi connectivity index (χ1v) is 11.6. The third-order valence-electron chi connectivity index (χ3n) is 6.67. The Bertz CT molecular complexity index is 1140. The lowest BCUT2D eigenvalue weighted by Gasteiger charge is -2.46. The van der Waals surface area contributed by atoms with E-state index < -0.39 is 6.09 Å². The molecule has 2 fully saturated rings. The number of carboxylic acid groups (broad SMARTS) is 1. The third kappa shape index (κ3) is 4.83. The van der Waals surface area contributed by atoms with Crippen LogP contribution in [0.4, 0.5) is 16.6 Å². The third-order valence-corrected chi connectivity index (χ3v) is 6.67. The monoisotopic (exact) mass is 465 g/mol. The molecule has 0 radical (unpaired) electrons.